The Morgan fingerprint density at radius 3 is 2.24 bits per heavy atom. The maximum absolute atomic E-state index is 12.5. The van der Waals surface area contributed by atoms with Crippen LogP contribution in [0.4, 0.5) is 13.2 Å². The Morgan fingerprint density at radius 2 is 1.71 bits per heavy atom. The van der Waals surface area contributed by atoms with Gasteiger partial charge in [-0.1, -0.05) is 30.3 Å². The third-order valence-electron chi connectivity index (χ3n) is 2.32. The molecule has 4 heteroatoms. The van der Waals surface area contributed by atoms with Crippen molar-refractivity contribution in [3.8, 4) is 0 Å². The van der Waals surface area contributed by atoms with E-state index in [2.05, 4.69) is 0 Å². The number of halogens is 3. The van der Waals surface area contributed by atoms with Crippen LogP contribution in [0.15, 0.2) is 53.1 Å². The number of rotatable bonds is 3. The molecule has 0 fully saturated rings. The summed E-state index contributed by atoms with van der Waals surface area (Å²) in [5, 5.41) is 0. The molecule has 0 N–H and O–H groups in total. The minimum Gasteiger partial charge on any atom is -0.468 e. The zero-order valence-corrected chi connectivity index (χ0v) is 8.87. The van der Waals surface area contributed by atoms with E-state index in [-0.39, 0.29) is 11.7 Å². The fourth-order valence-electron chi connectivity index (χ4n) is 1.62. The number of hydrogen-bond acceptors (Lipinski definition) is 1. The van der Waals surface area contributed by atoms with Crippen molar-refractivity contribution in [2.45, 2.75) is 12.6 Å². The first kappa shape index (κ1) is 11.8. The molecule has 0 bridgehead atoms. The average Bonchev–Trinajstić information content (AvgIpc) is 2.79. The van der Waals surface area contributed by atoms with Crippen molar-refractivity contribution in [2.75, 3.05) is 0 Å². The summed E-state index contributed by atoms with van der Waals surface area (Å²) in [6.45, 7) is 0. The predicted molar refractivity (Wildman–Crippen MR) is 57.3 cm³/mol. The molecule has 0 saturated heterocycles. The second kappa shape index (κ2) is 4.65. The highest BCUT2D eigenvalue weighted by Crippen LogP contribution is 2.35. The van der Waals surface area contributed by atoms with Gasteiger partial charge in [-0.3, -0.25) is 0 Å². The fourth-order valence-corrected chi connectivity index (χ4v) is 1.62. The molecule has 17 heavy (non-hydrogen) atoms. The molecule has 0 aliphatic carbocycles. The van der Waals surface area contributed by atoms with E-state index in [1.807, 2.05) is 0 Å². The first-order valence-corrected chi connectivity index (χ1v) is 5.08. The van der Waals surface area contributed by atoms with Crippen LogP contribution in [0.2, 0.25) is 0 Å². The lowest BCUT2D eigenvalue weighted by Crippen LogP contribution is -2.15. The van der Waals surface area contributed by atoms with Crippen molar-refractivity contribution in [3.63, 3.8) is 0 Å². The molecule has 0 atom stereocenters. The van der Waals surface area contributed by atoms with Gasteiger partial charge in [0.15, 0.2) is 0 Å². The lowest BCUT2D eigenvalue weighted by atomic mass is 9.93. The number of hydrogen-bond donors (Lipinski definition) is 0. The third-order valence-corrected chi connectivity index (χ3v) is 2.32. The van der Waals surface area contributed by atoms with Crippen LogP contribution in [0, 0.1) is 5.92 Å². The maximum Gasteiger partial charge on any atom is 0.390 e. The van der Waals surface area contributed by atoms with Crippen LogP contribution in [-0.4, -0.2) is 6.18 Å². The summed E-state index contributed by atoms with van der Waals surface area (Å²) in [4.78, 5) is 0. The van der Waals surface area contributed by atoms with E-state index in [4.69, 9.17) is 4.42 Å². The van der Waals surface area contributed by atoms with Gasteiger partial charge in [-0.15, -0.1) is 0 Å². The lowest BCUT2D eigenvalue weighted by Gasteiger charge is -2.16. The normalized spacial score (nSPS) is 12.0. The zero-order chi connectivity index (χ0) is 12.3. The standard InChI is InChI=1S/C13H10F3O/c14-13(15,16)9-11(12-7-4-8-17-12)10-5-2-1-3-6-10/h1-8H,9H2. The topological polar surface area (TPSA) is 13.1 Å². The minimum atomic E-state index is -4.25. The fraction of sp³-hybridized carbons (Fsp3) is 0.154. The molecule has 1 aromatic heterocycles. The summed E-state index contributed by atoms with van der Waals surface area (Å²) in [5.74, 6) is 0.414. The van der Waals surface area contributed by atoms with Crippen LogP contribution in [0.5, 0.6) is 0 Å². The van der Waals surface area contributed by atoms with Gasteiger partial charge < -0.3 is 4.42 Å². The smallest absolute Gasteiger partial charge is 0.390 e. The van der Waals surface area contributed by atoms with Gasteiger partial charge in [0.1, 0.15) is 5.76 Å². The van der Waals surface area contributed by atoms with E-state index >= 15 is 0 Å². The van der Waals surface area contributed by atoms with Crippen molar-refractivity contribution in [3.05, 3.63) is 66.0 Å². The molecule has 89 valence electrons. The molecular formula is C13H10F3O. The third kappa shape index (κ3) is 3.12. The highest BCUT2D eigenvalue weighted by atomic mass is 19.4. The first-order chi connectivity index (χ1) is 8.06. The molecule has 0 unspecified atom stereocenters. The molecule has 0 aliphatic rings. The lowest BCUT2D eigenvalue weighted by molar-refractivity contribution is -0.129. The van der Waals surface area contributed by atoms with Gasteiger partial charge >= 0.3 is 6.18 Å². The van der Waals surface area contributed by atoms with Crippen LogP contribution < -0.4 is 0 Å². The Morgan fingerprint density at radius 1 is 1.00 bits per heavy atom. The van der Waals surface area contributed by atoms with Crippen molar-refractivity contribution >= 4 is 0 Å². The van der Waals surface area contributed by atoms with E-state index < -0.39 is 12.6 Å². The molecule has 1 heterocycles. The number of alkyl halides is 3. The first-order valence-electron chi connectivity index (χ1n) is 5.08. The Kier molecular flexibility index (Phi) is 3.22. The Hall–Kier alpha value is -1.71. The SMILES string of the molecule is FC(F)(F)C[C](c1ccccc1)c1ccco1. The van der Waals surface area contributed by atoms with Gasteiger partial charge in [0.05, 0.1) is 18.6 Å². The Bertz CT molecular complexity index is 445. The molecule has 1 aromatic carbocycles. The highest BCUT2D eigenvalue weighted by Gasteiger charge is 2.35. The van der Waals surface area contributed by atoms with E-state index in [0.717, 1.165) is 0 Å². The van der Waals surface area contributed by atoms with Crippen molar-refractivity contribution in [1.82, 2.24) is 0 Å². The van der Waals surface area contributed by atoms with Crippen LogP contribution in [0.1, 0.15) is 17.7 Å². The quantitative estimate of drug-likeness (QED) is 0.782. The monoisotopic (exact) mass is 239 g/mol. The van der Waals surface area contributed by atoms with Crippen LogP contribution in [0.25, 0.3) is 0 Å². The summed E-state index contributed by atoms with van der Waals surface area (Å²) in [5.41, 5.74) is 0.528. The summed E-state index contributed by atoms with van der Waals surface area (Å²) in [7, 11) is 0. The zero-order valence-electron chi connectivity index (χ0n) is 8.87. The second-order valence-corrected chi connectivity index (χ2v) is 3.61. The Labute approximate surface area is 96.9 Å². The van der Waals surface area contributed by atoms with Crippen molar-refractivity contribution in [2.24, 2.45) is 0 Å². The van der Waals surface area contributed by atoms with Crippen molar-refractivity contribution in [1.29, 1.82) is 0 Å². The van der Waals surface area contributed by atoms with Gasteiger partial charge in [-0.05, 0) is 17.7 Å². The van der Waals surface area contributed by atoms with E-state index in [9.17, 15) is 13.2 Å². The minimum absolute atomic E-state index is 0.156. The predicted octanol–water partition coefficient (Wildman–Crippen LogP) is 4.20. The Balaban J connectivity index is 2.32. The van der Waals surface area contributed by atoms with Gasteiger partial charge in [0.25, 0.3) is 0 Å². The number of benzene rings is 1. The molecular weight excluding hydrogens is 229 g/mol. The number of furan rings is 1. The van der Waals surface area contributed by atoms with E-state index in [1.54, 1.807) is 36.4 Å². The average molecular weight is 239 g/mol. The molecule has 2 aromatic rings. The maximum atomic E-state index is 12.5. The van der Waals surface area contributed by atoms with E-state index in [0.29, 0.717) is 5.56 Å². The molecule has 2 rings (SSSR count). The van der Waals surface area contributed by atoms with Crippen LogP contribution >= 0.6 is 0 Å². The largest absolute Gasteiger partial charge is 0.468 e. The van der Waals surface area contributed by atoms with Gasteiger partial charge in [-0.25, -0.2) is 0 Å². The molecule has 0 saturated carbocycles. The van der Waals surface area contributed by atoms with Gasteiger partial charge in [-0.2, -0.15) is 13.2 Å². The second-order valence-electron chi connectivity index (χ2n) is 3.61. The molecule has 1 nitrogen and oxygen atoms in total. The van der Waals surface area contributed by atoms with Crippen molar-refractivity contribution < 1.29 is 17.6 Å². The highest BCUT2D eigenvalue weighted by molar-refractivity contribution is 5.41. The van der Waals surface area contributed by atoms with Crippen LogP contribution in [0.3, 0.4) is 0 Å². The van der Waals surface area contributed by atoms with E-state index in [1.165, 1.54) is 12.3 Å². The summed E-state index contributed by atoms with van der Waals surface area (Å²) < 4.78 is 42.6. The summed E-state index contributed by atoms with van der Waals surface area (Å²) in [6, 6.07) is 11.6. The van der Waals surface area contributed by atoms with Crippen LogP contribution in [-0.2, 0) is 0 Å². The van der Waals surface area contributed by atoms with Gasteiger partial charge in [0.2, 0.25) is 0 Å². The molecule has 0 spiro atoms. The summed E-state index contributed by atoms with van der Waals surface area (Å²) >= 11 is 0. The molecule has 0 aliphatic heterocycles. The van der Waals surface area contributed by atoms with Gasteiger partial charge in [0, 0.05) is 0 Å². The summed E-state index contributed by atoms with van der Waals surface area (Å²) in [6.07, 6.45) is -3.88. The molecule has 0 amide bonds. The molecule has 1 radical (unpaired) electrons.